The van der Waals surface area contributed by atoms with Gasteiger partial charge in [-0.05, 0) is 92.4 Å². The molecule has 5 aromatic carbocycles. The van der Waals surface area contributed by atoms with Crippen molar-refractivity contribution in [3.05, 3.63) is 162 Å². The fourth-order valence-electron chi connectivity index (χ4n) is 12.9. The number of hydrogen-bond donors (Lipinski definition) is 0. The second-order valence-electron chi connectivity index (χ2n) is 15.6. The molecule has 0 aromatic heterocycles. The van der Waals surface area contributed by atoms with Crippen LogP contribution in [0.5, 0.6) is 11.5 Å². The van der Waals surface area contributed by atoms with Gasteiger partial charge in [0.05, 0.1) is 14.2 Å². The molecule has 0 aliphatic heterocycles. The molecule has 0 heterocycles. The van der Waals surface area contributed by atoms with Crippen LogP contribution >= 0.6 is 0 Å². The quantitative estimate of drug-likeness (QED) is 0.203. The van der Waals surface area contributed by atoms with Gasteiger partial charge >= 0.3 is 0 Å². The Kier molecular flexibility index (Phi) is 3.97. The molecule has 0 N–H and O–H groups in total. The number of ether oxygens (including phenoxy) is 2. The lowest BCUT2D eigenvalue weighted by atomic mass is 9.74. The van der Waals surface area contributed by atoms with Gasteiger partial charge in [0.2, 0.25) is 0 Å². The number of rotatable bonds is 2. The predicted octanol–water partition coefficient (Wildman–Crippen LogP) is 9.63. The maximum atomic E-state index is 6.56. The first kappa shape index (κ1) is 24.0. The van der Waals surface area contributed by atoms with E-state index in [9.17, 15) is 0 Å². The van der Waals surface area contributed by atoms with Gasteiger partial charge in [-0.15, -0.1) is 0 Å². The molecule has 5 aromatic rings. The molecular formula is C44H34O2. The maximum Gasteiger partial charge on any atom is 0.127 e. The third kappa shape index (κ3) is 2.39. The van der Waals surface area contributed by atoms with Gasteiger partial charge in [-0.25, -0.2) is 0 Å². The van der Waals surface area contributed by atoms with Gasteiger partial charge in [-0.1, -0.05) is 72.8 Å². The Balaban J connectivity index is 0.985. The molecule has 0 unspecified atom stereocenters. The highest BCUT2D eigenvalue weighted by Gasteiger charge is 2.55. The van der Waals surface area contributed by atoms with E-state index in [1.165, 1.54) is 46.6 Å². The first-order chi connectivity index (χ1) is 22.7. The number of hydrogen-bond acceptors (Lipinski definition) is 2. The molecule has 46 heavy (non-hydrogen) atoms. The molecule has 0 saturated carbocycles. The van der Waals surface area contributed by atoms with Crippen LogP contribution in [0.25, 0.3) is 0 Å². The van der Waals surface area contributed by atoms with Gasteiger partial charge in [-0.3, -0.25) is 0 Å². The highest BCUT2D eigenvalue weighted by atomic mass is 16.5. The summed E-state index contributed by atoms with van der Waals surface area (Å²) in [4.78, 5) is 0. The Hall–Kier alpha value is -4.30. The third-order valence-electron chi connectivity index (χ3n) is 14.3. The minimum absolute atomic E-state index is 0.398. The lowest BCUT2D eigenvalue weighted by molar-refractivity contribution is 0.388. The van der Waals surface area contributed by atoms with Crippen molar-refractivity contribution < 1.29 is 9.47 Å². The van der Waals surface area contributed by atoms with Crippen LogP contribution in [0.1, 0.15) is 162 Å². The molecular weight excluding hydrogens is 560 g/mol. The van der Waals surface area contributed by atoms with Crippen molar-refractivity contribution in [2.45, 2.75) is 73.0 Å². The van der Waals surface area contributed by atoms with E-state index in [1.807, 2.05) is 14.2 Å². The molecule has 2 nitrogen and oxygen atoms in total. The summed E-state index contributed by atoms with van der Waals surface area (Å²) in [7, 11) is 3.86. The summed E-state index contributed by atoms with van der Waals surface area (Å²) < 4.78 is 13.1. The Morgan fingerprint density at radius 2 is 0.587 bits per heavy atom. The highest BCUT2D eigenvalue weighted by molar-refractivity contribution is 5.78. The molecule has 8 atom stereocenters. The predicted molar refractivity (Wildman–Crippen MR) is 179 cm³/mol. The smallest absolute Gasteiger partial charge is 0.127 e. The normalized spacial score (nSPS) is 30.5. The van der Waals surface area contributed by atoms with Crippen LogP contribution in [0.4, 0.5) is 0 Å². The van der Waals surface area contributed by atoms with E-state index in [-0.39, 0.29) is 0 Å². The van der Waals surface area contributed by atoms with Crippen molar-refractivity contribution in [2.24, 2.45) is 0 Å². The van der Waals surface area contributed by atoms with Crippen LogP contribution < -0.4 is 9.47 Å². The second-order valence-corrected chi connectivity index (χ2v) is 15.6. The number of fused-ring (bicyclic) bond motifs is 32. The fraction of sp³-hybridized carbons (Fsp3) is 0.318. The van der Waals surface area contributed by atoms with E-state index < -0.39 is 0 Å². The Labute approximate surface area is 269 Å². The van der Waals surface area contributed by atoms with Crippen molar-refractivity contribution in [2.75, 3.05) is 14.2 Å². The molecule has 8 aliphatic carbocycles. The highest BCUT2D eigenvalue weighted by Crippen LogP contribution is 2.71. The van der Waals surface area contributed by atoms with E-state index in [4.69, 9.17) is 9.47 Å². The summed E-state index contributed by atoms with van der Waals surface area (Å²) in [6.45, 7) is 0. The number of methoxy groups -OCH3 is 2. The van der Waals surface area contributed by atoms with Gasteiger partial charge in [0.1, 0.15) is 11.5 Å². The lowest BCUT2D eigenvalue weighted by Gasteiger charge is -2.32. The maximum absolute atomic E-state index is 6.56. The summed E-state index contributed by atoms with van der Waals surface area (Å²) >= 11 is 0. The Morgan fingerprint density at radius 1 is 0.348 bits per heavy atom. The third-order valence-corrected chi connectivity index (χ3v) is 14.3. The molecule has 8 bridgehead atoms. The average molecular weight is 595 g/mol. The van der Waals surface area contributed by atoms with Crippen molar-refractivity contribution in [3.8, 4) is 11.5 Å². The van der Waals surface area contributed by atoms with Gasteiger partial charge in [0.25, 0.3) is 0 Å². The zero-order chi connectivity index (χ0) is 29.7. The zero-order valence-corrected chi connectivity index (χ0v) is 26.2. The van der Waals surface area contributed by atoms with Crippen molar-refractivity contribution in [1.82, 2.24) is 0 Å². The minimum Gasteiger partial charge on any atom is -0.496 e. The van der Waals surface area contributed by atoms with Crippen LogP contribution in [0.2, 0.25) is 0 Å². The molecule has 222 valence electrons. The van der Waals surface area contributed by atoms with E-state index in [0.29, 0.717) is 47.3 Å². The van der Waals surface area contributed by atoms with Crippen molar-refractivity contribution in [1.29, 1.82) is 0 Å². The molecule has 0 spiro atoms. The van der Waals surface area contributed by atoms with E-state index in [0.717, 1.165) is 12.8 Å². The summed E-state index contributed by atoms with van der Waals surface area (Å²) in [5.74, 6) is 6.21. The summed E-state index contributed by atoms with van der Waals surface area (Å²) in [5, 5.41) is 0. The van der Waals surface area contributed by atoms with Crippen LogP contribution in [0.15, 0.2) is 72.8 Å². The number of benzene rings is 5. The Bertz CT molecular complexity index is 2000. The topological polar surface area (TPSA) is 18.5 Å². The SMILES string of the molecule is COc1c2c(c(OC)c3c1[C@H]1C[C@@H]3c3cc4c(cc31)[C@H]1C[C@@H]4c3ccccc31)[C@H]1C[C@@H]2c2cc3c(cc21)[C@H]1C[C@@H]3c2ccccc21. The van der Waals surface area contributed by atoms with Crippen molar-refractivity contribution >= 4 is 0 Å². The van der Waals surface area contributed by atoms with E-state index >= 15 is 0 Å². The molecule has 8 aliphatic rings. The van der Waals surface area contributed by atoms with E-state index in [1.54, 1.807) is 66.8 Å². The monoisotopic (exact) mass is 594 g/mol. The first-order valence-corrected chi connectivity index (χ1v) is 17.6. The van der Waals surface area contributed by atoms with E-state index in [2.05, 4.69) is 72.8 Å². The molecule has 0 radical (unpaired) electrons. The summed E-state index contributed by atoms with van der Waals surface area (Å²) in [6.07, 6.45) is 4.81. The van der Waals surface area contributed by atoms with Crippen LogP contribution in [0.3, 0.4) is 0 Å². The van der Waals surface area contributed by atoms with Gasteiger partial charge in [0.15, 0.2) is 0 Å². The molecule has 0 saturated heterocycles. The average Bonchev–Trinajstić information content (AvgIpc) is 3.97. The van der Waals surface area contributed by atoms with Crippen LogP contribution in [-0.2, 0) is 0 Å². The molecule has 0 amide bonds. The zero-order valence-electron chi connectivity index (χ0n) is 26.2. The lowest BCUT2D eigenvalue weighted by Crippen LogP contribution is -2.16. The second kappa shape index (κ2) is 7.63. The summed E-state index contributed by atoms with van der Waals surface area (Å²) in [5.41, 5.74) is 24.7. The minimum atomic E-state index is 0.398. The Morgan fingerprint density at radius 3 is 0.848 bits per heavy atom. The van der Waals surface area contributed by atoms with Crippen LogP contribution in [0, 0.1) is 0 Å². The van der Waals surface area contributed by atoms with Gasteiger partial charge in [-0.2, -0.15) is 0 Å². The molecule has 0 fully saturated rings. The van der Waals surface area contributed by atoms with Crippen LogP contribution in [-0.4, -0.2) is 14.2 Å². The van der Waals surface area contributed by atoms with Gasteiger partial charge in [0, 0.05) is 69.6 Å². The molecule has 13 rings (SSSR count). The largest absolute Gasteiger partial charge is 0.496 e. The summed E-state index contributed by atoms with van der Waals surface area (Å²) in [6, 6.07) is 29.0. The van der Waals surface area contributed by atoms with Crippen molar-refractivity contribution in [3.63, 3.8) is 0 Å². The van der Waals surface area contributed by atoms with Gasteiger partial charge < -0.3 is 9.47 Å². The molecule has 2 heteroatoms. The first-order valence-electron chi connectivity index (χ1n) is 17.6. The standard InChI is InChI=1S/C44H34O2/c1-45-43-39-35-17-37(33-15-29-25-11-23(27(29)13-31(33)35)19-7-3-5-9-21(19)25)41(39)44(46-2)42-38-18-36(40(42)43)32-14-28-24-12-26(30(28)16-34(32)38)22-10-6-4-8-20(22)24/h3-10,13-16,23-26,35-38H,11-12,17-18H2,1-2H3/t23-,24+,25+,26-,35-,36+,37+,38-. The fourth-order valence-corrected chi connectivity index (χ4v) is 12.9.